The summed E-state index contributed by atoms with van der Waals surface area (Å²) in [5, 5.41) is 3.03. The van der Waals surface area contributed by atoms with Crippen LogP contribution in [0.1, 0.15) is 37.4 Å². The van der Waals surface area contributed by atoms with E-state index in [1.807, 2.05) is 32.0 Å². The van der Waals surface area contributed by atoms with Crippen molar-refractivity contribution in [3.05, 3.63) is 17.3 Å². The third-order valence-corrected chi connectivity index (χ3v) is 3.25. The maximum atomic E-state index is 11.7. The Morgan fingerprint density at radius 2 is 2.22 bits per heavy atom. The van der Waals surface area contributed by atoms with Crippen molar-refractivity contribution in [1.29, 1.82) is 0 Å². The van der Waals surface area contributed by atoms with Crippen molar-refractivity contribution in [2.24, 2.45) is 0 Å². The first-order valence-electron chi connectivity index (χ1n) is 6.61. The molecule has 1 aliphatic rings. The molecule has 18 heavy (non-hydrogen) atoms. The van der Waals surface area contributed by atoms with Crippen LogP contribution in [0.3, 0.4) is 0 Å². The van der Waals surface area contributed by atoms with Crippen LogP contribution in [-0.2, 0) is 17.6 Å². The number of carbonyl (C=O) groups excluding carboxylic acids is 1. The van der Waals surface area contributed by atoms with Gasteiger partial charge < -0.3 is 10.2 Å². The molecule has 0 atom stereocenters. The van der Waals surface area contributed by atoms with Gasteiger partial charge in [0.1, 0.15) is 5.82 Å². The molecule has 1 aromatic rings. The van der Waals surface area contributed by atoms with Crippen LogP contribution in [0.5, 0.6) is 0 Å². The molecule has 0 aliphatic heterocycles. The lowest BCUT2D eigenvalue weighted by Gasteiger charge is -2.16. The van der Waals surface area contributed by atoms with Crippen LogP contribution in [0, 0.1) is 0 Å². The summed E-state index contributed by atoms with van der Waals surface area (Å²) in [7, 11) is 3.95. The average molecular weight is 247 g/mol. The highest BCUT2D eigenvalue weighted by Crippen LogP contribution is 2.30. The zero-order valence-electron chi connectivity index (χ0n) is 11.4. The Morgan fingerprint density at radius 3 is 2.89 bits per heavy atom. The van der Waals surface area contributed by atoms with Gasteiger partial charge in [-0.1, -0.05) is 6.92 Å². The van der Waals surface area contributed by atoms with E-state index in [1.165, 1.54) is 5.56 Å². The number of aromatic nitrogens is 1. The van der Waals surface area contributed by atoms with Gasteiger partial charge in [-0.05, 0) is 31.2 Å². The second kappa shape index (κ2) is 5.38. The summed E-state index contributed by atoms with van der Waals surface area (Å²) in [6.45, 7) is 2.02. The Morgan fingerprint density at radius 1 is 1.44 bits per heavy atom. The highest BCUT2D eigenvalue weighted by molar-refractivity contribution is 5.92. The molecule has 4 nitrogen and oxygen atoms in total. The molecule has 1 aliphatic carbocycles. The SMILES string of the molecule is CCCC(=O)Nc1cc(N(C)C)nc2c1CCC2. The molecule has 0 saturated heterocycles. The smallest absolute Gasteiger partial charge is 0.224 e. The Hall–Kier alpha value is -1.58. The Labute approximate surface area is 108 Å². The van der Waals surface area contributed by atoms with Gasteiger partial charge in [0.25, 0.3) is 0 Å². The quantitative estimate of drug-likeness (QED) is 0.888. The highest BCUT2D eigenvalue weighted by atomic mass is 16.1. The van der Waals surface area contributed by atoms with E-state index in [9.17, 15) is 4.79 Å². The number of amides is 1. The van der Waals surface area contributed by atoms with Crippen LogP contribution < -0.4 is 10.2 Å². The fourth-order valence-corrected chi connectivity index (χ4v) is 2.31. The summed E-state index contributed by atoms with van der Waals surface area (Å²) in [6.07, 6.45) is 4.63. The molecule has 1 amide bonds. The van der Waals surface area contributed by atoms with E-state index in [0.29, 0.717) is 6.42 Å². The number of nitrogens with zero attached hydrogens (tertiary/aromatic N) is 2. The molecular formula is C14H21N3O. The largest absolute Gasteiger partial charge is 0.363 e. The number of nitrogens with one attached hydrogen (secondary N) is 1. The molecule has 0 unspecified atom stereocenters. The van der Waals surface area contributed by atoms with E-state index in [0.717, 1.165) is 42.9 Å². The van der Waals surface area contributed by atoms with Gasteiger partial charge in [0.2, 0.25) is 5.91 Å². The van der Waals surface area contributed by atoms with E-state index >= 15 is 0 Å². The minimum atomic E-state index is 0.0995. The molecule has 0 spiro atoms. The van der Waals surface area contributed by atoms with Gasteiger partial charge >= 0.3 is 0 Å². The van der Waals surface area contributed by atoms with Gasteiger partial charge in [-0.2, -0.15) is 0 Å². The van der Waals surface area contributed by atoms with Gasteiger partial charge in [0, 0.05) is 38.0 Å². The van der Waals surface area contributed by atoms with Gasteiger partial charge in [-0.25, -0.2) is 4.98 Å². The van der Waals surface area contributed by atoms with E-state index < -0.39 is 0 Å². The summed E-state index contributed by atoms with van der Waals surface area (Å²) < 4.78 is 0. The number of anilines is 2. The number of hydrogen-bond donors (Lipinski definition) is 1. The van der Waals surface area contributed by atoms with Crippen LogP contribution in [0.4, 0.5) is 11.5 Å². The van der Waals surface area contributed by atoms with Crippen LogP contribution in [0.15, 0.2) is 6.07 Å². The molecule has 0 aromatic carbocycles. The molecule has 0 fully saturated rings. The number of rotatable bonds is 4. The van der Waals surface area contributed by atoms with Crippen LogP contribution in [0.2, 0.25) is 0 Å². The first-order chi connectivity index (χ1) is 8.61. The van der Waals surface area contributed by atoms with Crippen LogP contribution in [-0.4, -0.2) is 25.0 Å². The summed E-state index contributed by atoms with van der Waals surface area (Å²) in [5.41, 5.74) is 3.33. The maximum Gasteiger partial charge on any atom is 0.224 e. The van der Waals surface area contributed by atoms with Crippen molar-refractivity contribution in [3.63, 3.8) is 0 Å². The van der Waals surface area contributed by atoms with Gasteiger partial charge in [-0.15, -0.1) is 0 Å². The molecule has 0 bridgehead atoms. The third-order valence-electron chi connectivity index (χ3n) is 3.25. The summed E-state index contributed by atoms with van der Waals surface area (Å²) in [6, 6.07) is 1.98. The monoisotopic (exact) mass is 247 g/mol. The van der Waals surface area contributed by atoms with Gasteiger partial charge in [-0.3, -0.25) is 4.79 Å². The lowest BCUT2D eigenvalue weighted by Crippen LogP contribution is -2.16. The Kier molecular flexibility index (Phi) is 3.84. The van der Waals surface area contributed by atoms with E-state index in [-0.39, 0.29) is 5.91 Å². The molecule has 98 valence electrons. The predicted molar refractivity (Wildman–Crippen MR) is 74.1 cm³/mol. The van der Waals surface area contributed by atoms with Crippen molar-refractivity contribution in [2.45, 2.75) is 39.0 Å². The minimum Gasteiger partial charge on any atom is -0.363 e. The second-order valence-corrected chi connectivity index (χ2v) is 5.00. The van der Waals surface area contributed by atoms with Gasteiger partial charge in [0.05, 0.1) is 0 Å². The lowest BCUT2D eigenvalue weighted by molar-refractivity contribution is -0.116. The maximum absolute atomic E-state index is 11.7. The summed E-state index contributed by atoms with van der Waals surface area (Å²) in [4.78, 5) is 18.4. The highest BCUT2D eigenvalue weighted by Gasteiger charge is 2.19. The van der Waals surface area contributed by atoms with Crippen molar-refractivity contribution in [3.8, 4) is 0 Å². The number of pyridine rings is 1. The number of fused-ring (bicyclic) bond motifs is 1. The fourth-order valence-electron chi connectivity index (χ4n) is 2.31. The third kappa shape index (κ3) is 2.63. The molecular weight excluding hydrogens is 226 g/mol. The molecule has 2 rings (SSSR count). The van der Waals surface area contributed by atoms with Crippen molar-refractivity contribution in [1.82, 2.24) is 4.98 Å². The second-order valence-electron chi connectivity index (χ2n) is 5.00. The van der Waals surface area contributed by atoms with E-state index in [4.69, 9.17) is 0 Å². The van der Waals surface area contributed by atoms with Crippen LogP contribution >= 0.6 is 0 Å². The van der Waals surface area contributed by atoms with Crippen molar-refractivity contribution < 1.29 is 4.79 Å². The molecule has 0 radical (unpaired) electrons. The predicted octanol–water partition coefficient (Wildman–Crippen LogP) is 2.37. The average Bonchev–Trinajstić information content (AvgIpc) is 2.77. The van der Waals surface area contributed by atoms with Crippen molar-refractivity contribution >= 4 is 17.4 Å². The molecule has 1 heterocycles. The van der Waals surface area contributed by atoms with Crippen molar-refractivity contribution in [2.75, 3.05) is 24.3 Å². The molecule has 1 N–H and O–H groups in total. The number of carbonyl (C=O) groups is 1. The van der Waals surface area contributed by atoms with Gasteiger partial charge in [0.15, 0.2) is 0 Å². The Balaban J connectivity index is 2.30. The zero-order valence-corrected chi connectivity index (χ0v) is 11.4. The Bertz CT molecular complexity index is 455. The molecule has 1 aromatic heterocycles. The van der Waals surface area contributed by atoms with E-state index in [1.54, 1.807) is 0 Å². The molecule has 0 saturated carbocycles. The zero-order chi connectivity index (χ0) is 13.1. The van der Waals surface area contributed by atoms with E-state index in [2.05, 4.69) is 10.3 Å². The fraction of sp³-hybridized carbons (Fsp3) is 0.571. The van der Waals surface area contributed by atoms with Crippen LogP contribution in [0.25, 0.3) is 0 Å². The first kappa shape index (κ1) is 12.9. The summed E-state index contributed by atoms with van der Waals surface area (Å²) in [5.74, 6) is 1.02. The summed E-state index contributed by atoms with van der Waals surface area (Å²) >= 11 is 0. The number of hydrogen-bond acceptors (Lipinski definition) is 3. The lowest BCUT2D eigenvalue weighted by atomic mass is 10.1. The standard InChI is InChI=1S/C14H21N3O/c1-4-6-14(18)16-12-9-13(17(2)3)15-11-8-5-7-10(11)12/h9H,4-8H2,1-3H3,(H,15,16,18). The molecule has 4 heteroatoms. The normalized spacial score (nSPS) is 13.3. The minimum absolute atomic E-state index is 0.0995. The first-order valence-corrected chi connectivity index (χ1v) is 6.61. The topological polar surface area (TPSA) is 45.2 Å². The number of aryl methyl sites for hydroxylation is 1.